The first-order chi connectivity index (χ1) is 38.0. The predicted octanol–water partition coefficient (Wildman–Crippen LogP) is 22.7. The summed E-state index contributed by atoms with van der Waals surface area (Å²) < 4.78 is 16.9. The van der Waals surface area contributed by atoms with Gasteiger partial charge in [0, 0.05) is 19.3 Å². The highest BCUT2D eigenvalue weighted by Gasteiger charge is 2.19. The normalized spacial score (nSPS) is 12.6. The second kappa shape index (κ2) is 65.1. The van der Waals surface area contributed by atoms with Crippen LogP contribution in [-0.2, 0) is 28.6 Å². The van der Waals surface area contributed by atoms with Crippen LogP contribution in [0.3, 0.4) is 0 Å². The van der Waals surface area contributed by atoms with Gasteiger partial charge in [0.05, 0.1) is 0 Å². The van der Waals surface area contributed by atoms with Crippen molar-refractivity contribution in [2.45, 2.75) is 335 Å². The van der Waals surface area contributed by atoms with Gasteiger partial charge in [0.1, 0.15) is 13.2 Å². The van der Waals surface area contributed by atoms with Crippen LogP contribution in [0.4, 0.5) is 0 Å². The fourth-order valence-corrected chi connectivity index (χ4v) is 9.44. The Balaban J connectivity index is 4.22. The molecule has 0 aromatic heterocycles. The van der Waals surface area contributed by atoms with Crippen LogP contribution in [0, 0.1) is 0 Å². The third kappa shape index (κ3) is 63.3. The summed E-state index contributed by atoms with van der Waals surface area (Å²) in [5.74, 6) is -0.875. The summed E-state index contributed by atoms with van der Waals surface area (Å²) in [5.41, 5.74) is 0. The standard InChI is InChI=1S/C71H124O6/c1-4-7-10-13-16-19-21-23-25-27-29-31-33-34-35-36-38-39-41-43-45-47-49-52-55-58-61-64-70(73)76-67-68(66-75-69(72)63-60-57-54-51-18-15-12-9-6-3)77-71(74)65-62-59-56-53-50-48-46-44-42-40-37-32-30-28-26-24-22-20-17-14-11-8-5-2/h7,10,16,19,23,25,28-31,34-35,38-39,68H,4-6,8-9,11-15,17-18,20-22,24,26-27,32-33,36-37,40-67H2,1-3H3/b10-7-,19-16-,25-23-,30-28-,31-29-,35-34-,39-38-. The largest absolute Gasteiger partial charge is 0.462 e. The number of hydrogen-bond acceptors (Lipinski definition) is 6. The zero-order chi connectivity index (χ0) is 55.7. The minimum absolute atomic E-state index is 0.0763. The highest BCUT2D eigenvalue weighted by Crippen LogP contribution is 2.17. The van der Waals surface area contributed by atoms with Gasteiger partial charge in [0.25, 0.3) is 0 Å². The molecule has 0 fully saturated rings. The quantitative estimate of drug-likeness (QED) is 0.0261. The average Bonchev–Trinajstić information content (AvgIpc) is 3.43. The van der Waals surface area contributed by atoms with E-state index in [0.29, 0.717) is 19.3 Å². The molecule has 0 saturated carbocycles. The number of carbonyl (C=O) groups is 3. The molecule has 444 valence electrons. The maximum Gasteiger partial charge on any atom is 0.306 e. The van der Waals surface area contributed by atoms with E-state index in [1.165, 1.54) is 186 Å². The molecular formula is C71H124O6. The molecule has 0 aromatic carbocycles. The van der Waals surface area contributed by atoms with Gasteiger partial charge in [-0.2, -0.15) is 0 Å². The van der Waals surface area contributed by atoms with Crippen molar-refractivity contribution in [2.24, 2.45) is 0 Å². The fraction of sp³-hybridized carbons (Fsp3) is 0.761. The summed E-state index contributed by atoms with van der Waals surface area (Å²) in [7, 11) is 0. The van der Waals surface area contributed by atoms with E-state index in [1.807, 2.05) is 0 Å². The molecule has 1 unspecified atom stereocenters. The summed E-state index contributed by atoms with van der Waals surface area (Å²) in [4.78, 5) is 38.2. The Morgan fingerprint density at radius 1 is 0.273 bits per heavy atom. The van der Waals surface area contributed by atoms with Gasteiger partial charge in [0.2, 0.25) is 0 Å². The van der Waals surface area contributed by atoms with Crippen LogP contribution >= 0.6 is 0 Å². The van der Waals surface area contributed by atoms with Crippen molar-refractivity contribution < 1.29 is 28.6 Å². The van der Waals surface area contributed by atoms with E-state index < -0.39 is 6.10 Å². The molecule has 0 aliphatic heterocycles. The smallest absolute Gasteiger partial charge is 0.306 e. The zero-order valence-corrected chi connectivity index (χ0v) is 51.0. The lowest BCUT2D eigenvalue weighted by molar-refractivity contribution is -0.167. The Hall–Kier alpha value is -3.41. The summed E-state index contributed by atoms with van der Waals surface area (Å²) >= 11 is 0. The molecule has 77 heavy (non-hydrogen) atoms. The maximum atomic E-state index is 12.9. The SMILES string of the molecule is CC/C=C\C/C=C\C/C=C\C/C=C\C/C=C\C/C=C\CCCCCCCCCCC(=O)OCC(COC(=O)CCCCCCCCCCC)OC(=O)CCCCCCCCCCCCC/C=C\CCCCCCCCCC. The zero-order valence-electron chi connectivity index (χ0n) is 51.0. The summed E-state index contributed by atoms with van der Waals surface area (Å²) in [6, 6.07) is 0. The molecule has 0 radical (unpaired) electrons. The van der Waals surface area contributed by atoms with Gasteiger partial charge in [-0.05, 0) is 96.3 Å². The van der Waals surface area contributed by atoms with E-state index in [4.69, 9.17) is 14.2 Å². The number of allylic oxidation sites excluding steroid dienone is 14. The maximum absolute atomic E-state index is 12.9. The van der Waals surface area contributed by atoms with Crippen molar-refractivity contribution in [3.63, 3.8) is 0 Å². The first kappa shape index (κ1) is 73.6. The molecule has 0 heterocycles. The number of rotatable bonds is 60. The third-order valence-electron chi connectivity index (χ3n) is 14.4. The van der Waals surface area contributed by atoms with Crippen molar-refractivity contribution in [2.75, 3.05) is 13.2 Å². The first-order valence-electron chi connectivity index (χ1n) is 33.1. The monoisotopic (exact) mass is 1070 g/mol. The fourth-order valence-electron chi connectivity index (χ4n) is 9.44. The average molecular weight is 1070 g/mol. The lowest BCUT2D eigenvalue weighted by Crippen LogP contribution is -2.30. The van der Waals surface area contributed by atoms with Crippen LogP contribution in [0.2, 0.25) is 0 Å². The Labute approximate surface area is 477 Å². The molecule has 6 heteroatoms. The lowest BCUT2D eigenvalue weighted by atomic mass is 10.0. The summed E-state index contributed by atoms with van der Waals surface area (Å²) in [6.45, 7) is 6.53. The van der Waals surface area contributed by atoms with E-state index in [-0.39, 0.29) is 31.1 Å². The molecule has 0 aliphatic carbocycles. The molecule has 0 bridgehead atoms. The summed E-state index contributed by atoms with van der Waals surface area (Å²) in [6.07, 6.45) is 86.0. The van der Waals surface area contributed by atoms with Crippen LogP contribution in [-0.4, -0.2) is 37.2 Å². The number of esters is 3. The Kier molecular flexibility index (Phi) is 62.2. The number of carbonyl (C=O) groups excluding carboxylic acids is 3. The van der Waals surface area contributed by atoms with Crippen molar-refractivity contribution in [3.8, 4) is 0 Å². The summed E-state index contributed by atoms with van der Waals surface area (Å²) in [5, 5.41) is 0. The van der Waals surface area contributed by atoms with Crippen LogP contribution < -0.4 is 0 Å². The highest BCUT2D eigenvalue weighted by molar-refractivity contribution is 5.71. The van der Waals surface area contributed by atoms with Crippen LogP contribution in [0.15, 0.2) is 85.1 Å². The number of unbranched alkanes of at least 4 members (excludes halogenated alkanes) is 35. The molecule has 1 atom stereocenters. The minimum atomic E-state index is -0.779. The van der Waals surface area contributed by atoms with Gasteiger partial charge in [-0.1, -0.05) is 298 Å². The van der Waals surface area contributed by atoms with E-state index >= 15 is 0 Å². The molecule has 0 amide bonds. The molecule has 0 aromatic rings. The van der Waals surface area contributed by atoms with Crippen LogP contribution in [0.5, 0.6) is 0 Å². The second-order valence-corrected chi connectivity index (χ2v) is 22.0. The van der Waals surface area contributed by atoms with E-state index in [1.54, 1.807) is 0 Å². The van der Waals surface area contributed by atoms with Crippen molar-refractivity contribution in [1.29, 1.82) is 0 Å². The van der Waals surface area contributed by atoms with Gasteiger partial charge < -0.3 is 14.2 Å². The van der Waals surface area contributed by atoms with E-state index in [2.05, 4.69) is 106 Å². The molecule has 0 rings (SSSR count). The van der Waals surface area contributed by atoms with Crippen LogP contribution in [0.25, 0.3) is 0 Å². The Morgan fingerprint density at radius 3 is 0.805 bits per heavy atom. The molecule has 0 saturated heterocycles. The molecule has 0 aliphatic rings. The number of hydrogen-bond donors (Lipinski definition) is 0. The molecular weight excluding hydrogens is 949 g/mol. The molecule has 0 N–H and O–H groups in total. The van der Waals surface area contributed by atoms with Crippen LogP contribution in [0.1, 0.15) is 329 Å². The van der Waals surface area contributed by atoms with Gasteiger partial charge >= 0.3 is 17.9 Å². The van der Waals surface area contributed by atoms with Gasteiger partial charge in [-0.3, -0.25) is 14.4 Å². The Bertz CT molecular complexity index is 1470. The third-order valence-corrected chi connectivity index (χ3v) is 14.4. The van der Waals surface area contributed by atoms with Gasteiger partial charge in [0.15, 0.2) is 6.10 Å². The number of ether oxygens (including phenoxy) is 3. The predicted molar refractivity (Wildman–Crippen MR) is 334 cm³/mol. The van der Waals surface area contributed by atoms with E-state index in [0.717, 1.165) is 103 Å². The minimum Gasteiger partial charge on any atom is -0.462 e. The Morgan fingerprint density at radius 2 is 0.506 bits per heavy atom. The van der Waals surface area contributed by atoms with E-state index in [9.17, 15) is 14.4 Å². The van der Waals surface area contributed by atoms with Crippen molar-refractivity contribution in [1.82, 2.24) is 0 Å². The topological polar surface area (TPSA) is 78.9 Å². The lowest BCUT2D eigenvalue weighted by Gasteiger charge is -2.18. The van der Waals surface area contributed by atoms with Gasteiger partial charge in [-0.25, -0.2) is 0 Å². The highest BCUT2D eigenvalue weighted by atomic mass is 16.6. The molecule has 6 nitrogen and oxygen atoms in total. The second-order valence-electron chi connectivity index (χ2n) is 22.0. The van der Waals surface area contributed by atoms with Crippen molar-refractivity contribution >= 4 is 17.9 Å². The van der Waals surface area contributed by atoms with Crippen molar-refractivity contribution in [3.05, 3.63) is 85.1 Å². The van der Waals surface area contributed by atoms with Gasteiger partial charge in [-0.15, -0.1) is 0 Å². The first-order valence-corrected chi connectivity index (χ1v) is 33.1. The molecule has 0 spiro atoms.